The zero-order valence-corrected chi connectivity index (χ0v) is 24.9. The molecule has 0 atom stereocenters. The molecule has 0 rings (SSSR count). The number of rotatable bonds is 27. The molecule has 176 valence electrons. The monoisotopic (exact) mass is 446 g/mol. The van der Waals surface area contributed by atoms with E-state index in [2.05, 4.69) is 6.92 Å². The van der Waals surface area contributed by atoms with Gasteiger partial charge in [0, 0.05) is 0 Å². The molecule has 0 aromatic rings. The zero-order valence-electron chi connectivity index (χ0n) is 21.8. The van der Waals surface area contributed by atoms with E-state index in [-0.39, 0.29) is 0 Å². The van der Waals surface area contributed by atoms with Gasteiger partial charge in [0.15, 0.2) is 0 Å². The Kier molecular flexibility index (Phi) is 32.3. The Morgan fingerprint density at radius 1 is 0.267 bits per heavy atom. The third-order valence-corrected chi connectivity index (χ3v) is 8.06. The number of hydrogen-bond acceptors (Lipinski definition) is 0. The van der Waals surface area contributed by atoms with E-state index in [1.54, 1.807) is 0.515 Å². The summed E-state index contributed by atoms with van der Waals surface area (Å²) in [6.45, 7) is 2.31. The van der Waals surface area contributed by atoms with E-state index < -0.39 is 0 Å². The molecular weight excluding hydrogens is 387 g/mol. The first-order valence-electron chi connectivity index (χ1n) is 14.9. The van der Waals surface area contributed by atoms with E-state index in [9.17, 15) is 0 Å². The third-order valence-electron chi connectivity index (χ3n) is 6.96. The summed E-state index contributed by atoms with van der Waals surface area (Å²) in [5.41, 5.74) is 0. The minimum absolute atomic E-state index is 1.10. The first-order chi connectivity index (χ1) is 14.9. The van der Waals surface area contributed by atoms with Crippen LogP contribution in [-0.4, -0.2) is 49.0 Å². The van der Waals surface area contributed by atoms with Crippen LogP contribution in [0.15, 0.2) is 0 Å². The fourth-order valence-corrected chi connectivity index (χ4v) is 5.52. The molecule has 0 spiro atoms. The van der Waals surface area contributed by atoms with Crippen LogP contribution >= 0.6 is 0 Å². The molecule has 0 radical (unpaired) electrons. The van der Waals surface area contributed by atoms with E-state index in [0.29, 0.717) is 0 Å². The van der Waals surface area contributed by atoms with Crippen LogP contribution in [0.25, 0.3) is 0 Å². The molecule has 0 aliphatic rings. The van der Waals surface area contributed by atoms with Crippen molar-refractivity contribution in [2.75, 3.05) is 0 Å². The van der Waals surface area contributed by atoms with Crippen molar-refractivity contribution in [2.45, 2.75) is 181 Å². The molecule has 0 N–H and O–H groups in total. The topological polar surface area (TPSA) is 0 Å². The Morgan fingerprint density at radius 2 is 0.433 bits per heavy atom. The second-order valence-electron chi connectivity index (χ2n) is 10.2. The van der Waals surface area contributed by atoms with Crippen LogP contribution in [0.4, 0.5) is 0 Å². The number of hydrogen-bond donors (Lipinski definition) is 0. The average molecular weight is 447 g/mol. The second-order valence-corrected chi connectivity index (χ2v) is 11.8. The molecule has 0 fully saturated rings. The Labute approximate surface area is 227 Å². The summed E-state index contributed by atoms with van der Waals surface area (Å²) in [7, 11) is 0. The molecule has 1 heteroatoms. The molecule has 30 heavy (non-hydrogen) atoms. The molecule has 0 unspecified atom stereocenters. The van der Waals surface area contributed by atoms with Crippen molar-refractivity contribution >= 4 is 49.0 Å². The van der Waals surface area contributed by atoms with Gasteiger partial charge in [-0.05, 0) is 0 Å². The van der Waals surface area contributed by atoms with Gasteiger partial charge in [-0.25, -0.2) is 0 Å². The number of unbranched alkanes of at least 4 members (excludes halogenated alkanes) is 26. The molecular formula is C29H59K. The van der Waals surface area contributed by atoms with Gasteiger partial charge in [0.25, 0.3) is 0 Å². The molecule has 0 heterocycles. The van der Waals surface area contributed by atoms with Gasteiger partial charge < -0.3 is 0 Å². The van der Waals surface area contributed by atoms with Gasteiger partial charge >= 0.3 is 120 Å². The van der Waals surface area contributed by atoms with Crippen molar-refractivity contribution in [2.24, 2.45) is 0 Å². The van der Waals surface area contributed by atoms with Gasteiger partial charge in [0.1, 0.15) is 0 Å². The normalized spacial score (nSPS) is 11.4. The molecule has 0 amide bonds. The molecule has 0 nitrogen and oxygen atoms in total. The fraction of sp³-hybridized carbons (Fsp3) is 1.00. The standard InChI is InChI=1S/C29H59.K/c1-3-5-7-9-11-13-15-17-19-21-23-25-27-29-28-26-24-22-20-18-16-14-12-10-8-6-4-2;/h1,3-29H2,2H3;. The SMILES string of the molecule is CCCCCCCCCCCCCCCCCCCCCCCCCCCC[CH2][K]. The average Bonchev–Trinajstić information content (AvgIpc) is 2.76. The fourth-order valence-electron chi connectivity index (χ4n) is 4.74. The van der Waals surface area contributed by atoms with Crippen LogP contribution in [0.5, 0.6) is 0 Å². The van der Waals surface area contributed by atoms with Crippen molar-refractivity contribution < 1.29 is 0 Å². The van der Waals surface area contributed by atoms with Crippen LogP contribution in [0.2, 0.25) is 0.515 Å². The van der Waals surface area contributed by atoms with E-state index in [1.165, 1.54) is 173 Å². The van der Waals surface area contributed by atoms with Crippen molar-refractivity contribution in [3.63, 3.8) is 0 Å². The molecule has 0 aromatic carbocycles. The molecule has 0 saturated carbocycles. The van der Waals surface area contributed by atoms with E-state index in [1.807, 2.05) is 0 Å². The van der Waals surface area contributed by atoms with Gasteiger partial charge in [-0.1, -0.05) is 110 Å². The van der Waals surface area contributed by atoms with Crippen molar-refractivity contribution in [3.05, 3.63) is 0 Å². The van der Waals surface area contributed by atoms with Crippen molar-refractivity contribution in [3.8, 4) is 0 Å². The molecule has 0 bridgehead atoms. The van der Waals surface area contributed by atoms with E-state index in [4.69, 9.17) is 0 Å². The van der Waals surface area contributed by atoms with Gasteiger partial charge in [0.2, 0.25) is 0 Å². The van der Waals surface area contributed by atoms with E-state index >= 15 is 0 Å². The molecule has 0 aliphatic carbocycles. The predicted octanol–water partition coefficient (Wildman–Crippen LogP) is 11.1. The summed E-state index contributed by atoms with van der Waals surface area (Å²) in [6, 6.07) is 0. The van der Waals surface area contributed by atoms with Crippen LogP contribution in [0, 0.1) is 0 Å². The van der Waals surface area contributed by atoms with Crippen LogP contribution in [-0.2, 0) is 0 Å². The maximum atomic E-state index is 2.31. The Balaban J connectivity index is 2.97. The summed E-state index contributed by atoms with van der Waals surface area (Å²) >= 11 is 1.10. The van der Waals surface area contributed by atoms with Gasteiger partial charge in [-0.3, -0.25) is 0 Å². The van der Waals surface area contributed by atoms with Gasteiger partial charge in [-0.15, -0.1) is 0 Å². The summed E-state index contributed by atoms with van der Waals surface area (Å²) in [5.74, 6) is 0. The van der Waals surface area contributed by atoms with Crippen molar-refractivity contribution in [1.29, 1.82) is 0 Å². The Morgan fingerprint density at radius 3 is 0.600 bits per heavy atom. The predicted molar refractivity (Wildman–Crippen MR) is 141 cm³/mol. The zero-order chi connectivity index (χ0) is 21.8. The quantitative estimate of drug-likeness (QED) is 0.0868. The van der Waals surface area contributed by atoms with Crippen molar-refractivity contribution in [1.82, 2.24) is 0 Å². The summed E-state index contributed by atoms with van der Waals surface area (Å²) in [4.78, 5) is 0. The van der Waals surface area contributed by atoms with E-state index in [0.717, 1.165) is 49.0 Å². The Hall–Kier alpha value is 1.64. The van der Waals surface area contributed by atoms with Gasteiger partial charge in [-0.2, -0.15) is 0 Å². The molecule has 0 saturated heterocycles. The first kappa shape index (κ1) is 31.6. The van der Waals surface area contributed by atoms with Gasteiger partial charge in [0.05, 0.1) is 0 Å². The minimum atomic E-state index is 1.10. The third kappa shape index (κ3) is 29.6. The second kappa shape index (κ2) is 30.6. The first-order valence-corrected chi connectivity index (χ1v) is 17.1. The van der Waals surface area contributed by atoms with Crippen LogP contribution < -0.4 is 0 Å². The summed E-state index contributed by atoms with van der Waals surface area (Å²) < 4.78 is 1.56. The summed E-state index contributed by atoms with van der Waals surface area (Å²) in [6.07, 6.45) is 40.3. The Bertz CT molecular complexity index is 248. The van der Waals surface area contributed by atoms with Crippen LogP contribution in [0.3, 0.4) is 0 Å². The van der Waals surface area contributed by atoms with Crippen LogP contribution in [0.1, 0.15) is 180 Å². The maximum absolute atomic E-state index is 2.31. The molecule has 0 aromatic heterocycles. The molecule has 0 aliphatic heterocycles. The summed E-state index contributed by atoms with van der Waals surface area (Å²) in [5, 5.41) is 0.